The van der Waals surface area contributed by atoms with Crippen LogP contribution < -0.4 is 10.3 Å². The van der Waals surface area contributed by atoms with Crippen molar-refractivity contribution in [2.24, 2.45) is 7.05 Å². The first kappa shape index (κ1) is 21.5. The van der Waals surface area contributed by atoms with Gasteiger partial charge in [-0.25, -0.2) is 4.98 Å². The van der Waals surface area contributed by atoms with E-state index >= 15 is 0 Å². The zero-order valence-corrected chi connectivity index (χ0v) is 17.1. The molecule has 4 rings (SSSR count). The first-order valence-corrected chi connectivity index (χ1v) is 9.44. The van der Waals surface area contributed by atoms with Gasteiger partial charge in [0.15, 0.2) is 5.69 Å². The lowest BCUT2D eigenvalue weighted by molar-refractivity contribution is -0.140. The van der Waals surface area contributed by atoms with Crippen molar-refractivity contribution in [3.63, 3.8) is 0 Å². The molecule has 0 unspecified atom stereocenters. The summed E-state index contributed by atoms with van der Waals surface area (Å²) in [5, 5.41) is 13.3. The summed E-state index contributed by atoms with van der Waals surface area (Å²) in [7, 11) is 2.88. The average molecular weight is 445 g/mol. The Hall–Kier alpha value is -3.73. The van der Waals surface area contributed by atoms with Gasteiger partial charge < -0.3 is 9.84 Å². The van der Waals surface area contributed by atoms with E-state index in [4.69, 9.17) is 4.74 Å². The van der Waals surface area contributed by atoms with E-state index in [0.717, 1.165) is 4.68 Å². The summed E-state index contributed by atoms with van der Waals surface area (Å²) in [6, 6.07) is 6.14. The number of aryl methyl sites for hydroxylation is 1. The third kappa shape index (κ3) is 3.94. The van der Waals surface area contributed by atoms with Crippen molar-refractivity contribution in [3.05, 3.63) is 70.3 Å². The number of fused-ring (bicyclic) bond motifs is 1. The smallest absolute Gasteiger partial charge is 0.435 e. The highest BCUT2D eigenvalue weighted by molar-refractivity contribution is 5.94. The number of hydrogen-bond acceptors (Lipinski definition) is 6. The first-order valence-electron chi connectivity index (χ1n) is 9.44. The molecule has 3 heterocycles. The van der Waals surface area contributed by atoms with Crippen LogP contribution in [-0.2, 0) is 26.4 Å². The van der Waals surface area contributed by atoms with Crippen molar-refractivity contribution in [3.8, 4) is 16.9 Å². The van der Waals surface area contributed by atoms with Gasteiger partial charge in [0.1, 0.15) is 5.75 Å². The van der Waals surface area contributed by atoms with Crippen molar-refractivity contribution in [2.45, 2.75) is 19.3 Å². The largest absolute Gasteiger partial charge is 0.497 e. The van der Waals surface area contributed by atoms with E-state index in [9.17, 15) is 23.1 Å². The molecule has 0 aliphatic carbocycles. The Morgan fingerprint density at radius 2 is 1.94 bits per heavy atom. The van der Waals surface area contributed by atoms with Crippen molar-refractivity contribution in [1.82, 2.24) is 24.3 Å². The number of benzene rings is 1. The minimum atomic E-state index is -4.70. The highest BCUT2D eigenvalue weighted by Gasteiger charge is 2.38. The number of aliphatic hydroxyl groups excluding tert-OH is 1. The van der Waals surface area contributed by atoms with Gasteiger partial charge >= 0.3 is 6.18 Å². The number of methoxy groups -OCH3 is 1. The molecule has 0 aliphatic rings. The van der Waals surface area contributed by atoms with E-state index in [-0.39, 0.29) is 34.1 Å². The van der Waals surface area contributed by atoms with Crippen LogP contribution in [0.3, 0.4) is 0 Å². The van der Waals surface area contributed by atoms with Gasteiger partial charge in [-0.3, -0.25) is 19.0 Å². The second kappa shape index (κ2) is 8.08. The molecule has 32 heavy (non-hydrogen) atoms. The fourth-order valence-corrected chi connectivity index (χ4v) is 3.48. The lowest BCUT2D eigenvalue weighted by atomic mass is 9.99. The molecule has 1 aromatic carbocycles. The van der Waals surface area contributed by atoms with Crippen LogP contribution in [0.25, 0.3) is 22.0 Å². The zero-order chi connectivity index (χ0) is 23.0. The van der Waals surface area contributed by atoms with Gasteiger partial charge in [0.25, 0.3) is 5.56 Å². The number of rotatable bonds is 5. The average Bonchev–Trinajstić information content (AvgIpc) is 3.17. The monoisotopic (exact) mass is 445 g/mol. The van der Waals surface area contributed by atoms with E-state index in [1.807, 2.05) is 0 Å². The molecule has 0 saturated carbocycles. The van der Waals surface area contributed by atoms with Gasteiger partial charge in [-0.15, -0.1) is 0 Å². The summed E-state index contributed by atoms with van der Waals surface area (Å²) >= 11 is 0. The molecule has 4 aromatic rings. The predicted octanol–water partition coefficient (Wildman–Crippen LogP) is 2.76. The molecule has 0 fully saturated rings. The van der Waals surface area contributed by atoms with Crippen LogP contribution >= 0.6 is 0 Å². The molecule has 1 N–H and O–H groups in total. The SMILES string of the molecule is COc1ccnc(Cn2cnc3c(-c4cn(C)nc4C(F)(F)F)cc(CO)cc3c2=O)c1. The molecule has 3 aromatic heterocycles. The number of hydrogen-bond donors (Lipinski definition) is 1. The third-order valence-electron chi connectivity index (χ3n) is 4.91. The fraction of sp³-hybridized carbons (Fsp3) is 0.238. The zero-order valence-electron chi connectivity index (χ0n) is 17.1. The molecule has 0 aliphatic heterocycles. The highest BCUT2D eigenvalue weighted by Crippen LogP contribution is 2.38. The summed E-state index contributed by atoms with van der Waals surface area (Å²) in [4.78, 5) is 21.6. The lowest BCUT2D eigenvalue weighted by Crippen LogP contribution is -2.22. The molecule has 0 spiro atoms. The fourth-order valence-electron chi connectivity index (χ4n) is 3.48. The van der Waals surface area contributed by atoms with E-state index in [2.05, 4.69) is 15.1 Å². The second-order valence-electron chi connectivity index (χ2n) is 7.13. The van der Waals surface area contributed by atoms with Gasteiger partial charge in [-0.05, 0) is 23.8 Å². The summed E-state index contributed by atoms with van der Waals surface area (Å²) in [5.41, 5.74) is -0.828. The van der Waals surface area contributed by atoms with E-state index < -0.39 is 24.0 Å². The van der Waals surface area contributed by atoms with Crippen LogP contribution in [0.1, 0.15) is 17.0 Å². The standard InChI is InChI=1S/C21H18F3N5O3/c1-28-9-17(19(27-28)21(22,23)24)15-5-12(10-30)6-16-18(15)26-11-29(20(16)31)8-13-7-14(32-2)3-4-25-13/h3-7,9,11,30H,8,10H2,1-2H3. The first-order chi connectivity index (χ1) is 15.2. The van der Waals surface area contributed by atoms with E-state index in [1.165, 1.54) is 49.6 Å². The number of aliphatic hydroxyl groups is 1. The van der Waals surface area contributed by atoms with Crippen molar-refractivity contribution in [2.75, 3.05) is 7.11 Å². The van der Waals surface area contributed by atoms with Crippen LogP contribution in [0, 0.1) is 0 Å². The summed E-state index contributed by atoms with van der Waals surface area (Å²) in [6.07, 6.45) is -0.689. The quantitative estimate of drug-likeness (QED) is 0.508. The van der Waals surface area contributed by atoms with Crippen molar-refractivity contribution < 1.29 is 23.0 Å². The molecule has 166 valence electrons. The Morgan fingerprint density at radius 1 is 1.16 bits per heavy atom. The number of aromatic nitrogens is 5. The number of halogens is 3. The Labute approximate surface area is 179 Å². The molecule has 0 radical (unpaired) electrons. The molecule has 0 saturated heterocycles. The molecule has 0 bridgehead atoms. The number of nitrogens with zero attached hydrogens (tertiary/aromatic N) is 5. The maximum atomic E-state index is 13.5. The van der Waals surface area contributed by atoms with Crippen LogP contribution in [-0.4, -0.2) is 36.5 Å². The predicted molar refractivity (Wildman–Crippen MR) is 109 cm³/mol. The number of pyridine rings is 1. The van der Waals surface area contributed by atoms with Crippen LogP contribution in [0.2, 0.25) is 0 Å². The van der Waals surface area contributed by atoms with Crippen LogP contribution in [0.5, 0.6) is 5.75 Å². The van der Waals surface area contributed by atoms with Crippen molar-refractivity contribution in [1.29, 1.82) is 0 Å². The second-order valence-corrected chi connectivity index (χ2v) is 7.13. The Bertz CT molecular complexity index is 1360. The molecule has 8 nitrogen and oxygen atoms in total. The lowest BCUT2D eigenvalue weighted by Gasteiger charge is -2.12. The molecule has 0 amide bonds. The van der Waals surface area contributed by atoms with Gasteiger partial charge in [-0.1, -0.05) is 0 Å². The third-order valence-corrected chi connectivity index (χ3v) is 4.91. The molecular formula is C21H18F3N5O3. The Balaban J connectivity index is 1.90. The van der Waals surface area contributed by atoms with E-state index in [1.54, 1.807) is 12.1 Å². The van der Waals surface area contributed by atoms with Crippen molar-refractivity contribution >= 4 is 10.9 Å². The normalized spacial score (nSPS) is 11.8. The van der Waals surface area contributed by atoms with Gasteiger partial charge in [-0.2, -0.15) is 18.3 Å². The summed E-state index contributed by atoms with van der Waals surface area (Å²) < 4.78 is 48.1. The van der Waals surface area contributed by atoms with E-state index in [0.29, 0.717) is 11.4 Å². The molecule has 0 atom stereocenters. The van der Waals surface area contributed by atoms with Gasteiger partial charge in [0.2, 0.25) is 0 Å². The maximum absolute atomic E-state index is 13.5. The summed E-state index contributed by atoms with van der Waals surface area (Å²) in [6.45, 7) is -0.380. The minimum absolute atomic E-state index is 0.0655. The van der Waals surface area contributed by atoms with Gasteiger partial charge in [0, 0.05) is 36.6 Å². The minimum Gasteiger partial charge on any atom is -0.497 e. The molecule has 11 heteroatoms. The molecular weight excluding hydrogens is 427 g/mol. The topological polar surface area (TPSA) is 95.1 Å². The highest BCUT2D eigenvalue weighted by atomic mass is 19.4. The Morgan fingerprint density at radius 3 is 2.62 bits per heavy atom. The Kier molecular flexibility index (Phi) is 5.43. The number of ether oxygens (including phenoxy) is 1. The summed E-state index contributed by atoms with van der Waals surface area (Å²) in [5.74, 6) is 0.568. The maximum Gasteiger partial charge on any atom is 0.435 e. The van der Waals surface area contributed by atoms with Crippen LogP contribution in [0.15, 0.2) is 47.8 Å². The van der Waals surface area contributed by atoms with Crippen LogP contribution in [0.4, 0.5) is 13.2 Å². The van der Waals surface area contributed by atoms with Gasteiger partial charge in [0.05, 0.1) is 43.2 Å². The number of alkyl halides is 3.